The van der Waals surface area contributed by atoms with Crippen LogP contribution < -0.4 is 5.43 Å². The van der Waals surface area contributed by atoms with Gasteiger partial charge in [0.2, 0.25) is 0 Å². The molecule has 5 nitrogen and oxygen atoms in total. The summed E-state index contributed by atoms with van der Waals surface area (Å²) in [6, 6.07) is 0. The molecule has 0 radical (unpaired) electrons. The van der Waals surface area contributed by atoms with Gasteiger partial charge in [0.25, 0.3) is 0 Å². The van der Waals surface area contributed by atoms with Crippen molar-refractivity contribution in [3.05, 3.63) is 24.0 Å². The van der Waals surface area contributed by atoms with Gasteiger partial charge in [0.1, 0.15) is 0 Å². The summed E-state index contributed by atoms with van der Waals surface area (Å²) < 4.78 is 0. The van der Waals surface area contributed by atoms with Crippen LogP contribution in [0, 0.1) is 0 Å². The molecule has 52 valence electrons. The average molecular weight is 139 g/mol. The third kappa shape index (κ3) is 1.41. The van der Waals surface area contributed by atoms with Crippen molar-refractivity contribution in [1.29, 1.82) is 0 Å². The molecule has 0 aromatic heterocycles. The van der Waals surface area contributed by atoms with E-state index in [2.05, 4.69) is 15.8 Å². The third-order valence-corrected chi connectivity index (χ3v) is 0.859. The molecule has 0 aliphatic carbocycles. The predicted molar refractivity (Wildman–Crippen MR) is 32.9 cm³/mol. The number of hydrogen-bond donors (Lipinski definition) is 2. The Hall–Kier alpha value is -1.65. The smallest absolute Gasteiger partial charge is 0.356 e. The van der Waals surface area contributed by atoms with Gasteiger partial charge in [-0.2, -0.15) is 0 Å². The number of rotatable bonds is 1. The van der Waals surface area contributed by atoms with E-state index in [1.165, 1.54) is 18.4 Å². The van der Waals surface area contributed by atoms with E-state index < -0.39 is 5.97 Å². The molecule has 0 saturated heterocycles. The van der Waals surface area contributed by atoms with E-state index in [9.17, 15) is 4.79 Å². The zero-order valence-corrected chi connectivity index (χ0v) is 4.98. The molecule has 1 heterocycles. The maximum atomic E-state index is 10.2. The fourth-order valence-corrected chi connectivity index (χ4v) is 0.446. The molecule has 10 heavy (non-hydrogen) atoms. The van der Waals surface area contributed by atoms with Gasteiger partial charge >= 0.3 is 5.97 Å². The molecule has 0 aromatic rings. The molecule has 0 fully saturated rings. The summed E-state index contributed by atoms with van der Waals surface area (Å²) in [6.07, 6.45) is 4.36. The lowest BCUT2D eigenvalue weighted by molar-refractivity contribution is -0.132. The first-order chi connectivity index (χ1) is 4.80. The molecule has 0 spiro atoms. The second-order valence-electron chi connectivity index (χ2n) is 1.55. The molecule has 0 unspecified atom stereocenters. The van der Waals surface area contributed by atoms with Crippen molar-refractivity contribution in [2.24, 2.45) is 10.3 Å². The third-order valence-electron chi connectivity index (χ3n) is 0.859. The van der Waals surface area contributed by atoms with Gasteiger partial charge in [0.15, 0.2) is 5.70 Å². The molecule has 0 saturated carbocycles. The van der Waals surface area contributed by atoms with Crippen molar-refractivity contribution >= 4 is 5.97 Å². The minimum absolute atomic E-state index is 0.0822. The minimum Gasteiger partial charge on any atom is -0.476 e. The number of carboxylic acid groups (broad SMARTS) is 1. The highest BCUT2D eigenvalue weighted by Gasteiger charge is 2.04. The summed E-state index contributed by atoms with van der Waals surface area (Å²) in [5, 5.41) is 15.0. The van der Waals surface area contributed by atoms with Crippen molar-refractivity contribution in [1.82, 2.24) is 5.43 Å². The zero-order chi connectivity index (χ0) is 7.40. The van der Waals surface area contributed by atoms with Gasteiger partial charge in [-0.05, 0) is 12.2 Å². The highest BCUT2D eigenvalue weighted by atomic mass is 16.4. The number of nitrogens with zero attached hydrogens (tertiary/aromatic N) is 2. The molecule has 0 aromatic carbocycles. The van der Waals surface area contributed by atoms with Crippen LogP contribution in [0.1, 0.15) is 0 Å². The zero-order valence-electron chi connectivity index (χ0n) is 4.98. The number of allylic oxidation sites excluding steroid dienone is 2. The lowest BCUT2D eigenvalue weighted by atomic mass is 10.4. The summed E-state index contributed by atoms with van der Waals surface area (Å²) in [5.41, 5.74) is 2.31. The van der Waals surface area contributed by atoms with Gasteiger partial charge in [0.05, 0.1) is 0 Å². The first-order valence-corrected chi connectivity index (χ1v) is 2.57. The molecular weight excluding hydrogens is 134 g/mol. The molecule has 0 atom stereocenters. The first-order valence-electron chi connectivity index (χ1n) is 2.57. The Morgan fingerprint density at radius 1 is 1.70 bits per heavy atom. The van der Waals surface area contributed by atoms with Gasteiger partial charge < -0.3 is 5.11 Å². The van der Waals surface area contributed by atoms with E-state index in [4.69, 9.17) is 5.11 Å². The van der Waals surface area contributed by atoms with Crippen molar-refractivity contribution in [3.63, 3.8) is 0 Å². The van der Waals surface area contributed by atoms with Crippen LogP contribution >= 0.6 is 0 Å². The van der Waals surface area contributed by atoms with E-state index in [1.807, 2.05) is 0 Å². The molecule has 2 N–H and O–H groups in total. The Morgan fingerprint density at radius 2 is 2.50 bits per heavy atom. The fourth-order valence-electron chi connectivity index (χ4n) is 0.446. The average Bonchev–Trinajstić information content (AvgIpc) is 2.12. The van der Waals surface area contributed by atoms with Crippen LogP contribution in [0.5, 0.6) is 0 Å². The van der Waals surface area contributed by atoms with E-state index in [0.29, 0.717) is 0 Å². The number of hydrogen-bond acceptors (Lipinski definition) is 4. The highest BCUT2D eigenvalue weighted by molar-refractivity contribution is 5.86. The number of carbonyl (C=O) groups is 1. The second-order valence-corrected chi connectivity index (χ2v) is 1.55. The predicted octanol–water partition coefficient (Wildman–Crippen LogP) is 0.439. The van der Waals surface area contributed by atoms with Crippen LogP contribution in [0.15, 0.2) is 34.4 Å². The van der Waals surface area contributed by atoms with Crippen molar-refractivity contribution in [2.45, 2.75) is 0 Å². The Kier molecular flexibility index (Phi) is 1.79. The minimum atomic E-state index is -1.09. The van der Waals surface area contributed by atoms with E-state index in [1.54, 1.807) is 0 Å². The Labute approximate surface area is 56.7 Å². The van der Waals surface area contributed by atoms with E-state index in [-0.39, 0.29) is 5.70 Å². The standard InChI is InChI=1S/C5H5N3O2/c9-5(10)4-2-1-3-6-8-7-4/h1-3H,(H,6,7)(H,9,10). The van der Waals surface area contributed by atoms with Crippen molar-refractivity contribution in [2.75, 3.05) is 0 Å². The molecule has 1 rings (SSSR count). The normalized spacial score (nSPS) is 15.4. The van der Waals surface area contributed by atoms with Gasteiger partial charge in [0, 0.05) is 6.20 Å². The number of carboxylic acids is 1. The SMILES string of the molecule is O=C(O)C1=CC=CNN=N1. The summed E-state index contributed by atoms with van der Waals surface area (Å²) in [6.45, 7) is 0. The Morgan fingerprint density at radius 3 is 3.20 bits per heavy atom. The van der Waals surface area contributed by atoms with Crippen LogP contribution in [0.3, 0.4) is 0 Å². The van der Waals surface area contributed by atoms with Gasteiger partial charge in [-0.1, -0.05) is 5.22 Å². The summed E-state index contributed by atoms with van der Waals surface area (Å²) in [7, 11) is 0. The summed E-state index contributed by atoms with van der Waals surface area (Å²) in [4.78, 5) is 10.2. The molecular formula is C5H5N3O2. The molecule has 5 heteroatoms. The van der Waals surface area contributed by atoms with E-state index in [0.717, 1.165) is 0 Å². The van der Waals surface area contributed by atoms with Crippen LogP contribution in [0.4, 0.5) is 0 Å². The van der Waals surface area contributed by atoms with E-state index >= 15 is 0 Å². The maximum absolute atomic E-state index is 10.2. The lowest BCUT2D eigenvalue weighted by Gasteiger charge is -1.85. The topological polar surface area (TPSA) is 74.0 Å². The Bertz CT molecular complexity index is 229. The molecule has 0 bridgehead atoms. The van der Waals surface area contributed by atoms with Gasteiger partial charge in [-0.25, -0.2) is 4.79 Å². The first kappa shape index (κ1) is 6.47. The molecule has 0 amide bonds. The Balaban J connectivity index is 2.83. The number of aliphatic carboxylic acids is 1. The van der Waals surface area contributed by atoms with Crippen molar-refractivity contribution in [3.8, 4) is 0 Å². The van der Waals surface area contributed by atoms with Crippen LogP contribution in [-0.4, -0.2) is 11.1 Å². The van der Waals surface area contributed by atoms with Gasteiger partial charge in [-0.3, -0.25) is 5.43 Å². The largest absolute Gasteiger partial charge is 0.476 e. The molecule has 1 aliphatic heterocycles. The maximum Gasteiger partial charge on any atom is 0.356 e. The van der Waals surface area contributed by atoms with Crippen LogP contribution in [-0.2, 0) is 4.79 Å². The van der Waals surface area contributed by atoms with Crippen LogP contribution in [0.25, 0.3) is 0 Å². The monoisotopic (exact) mass is 139 g/mol. The quantitative estimate of drug-likeness (QED) is 0.553. The van der Waals surface area contributed by atoms with Gasteiger partial charge in [-0.15, -0.1) is 5.11 Å². The second kappa shape index (κ2) is 2.77. The lowest BCUT2D eigenvalue weighted by Crippen LogP contribution is -1.96. The highest BCUT2D eigenvalue weighted by Crippen LogP contribution is 1.99. The molecule has 1 aliphatic rings. The summed E-state index contributed by atoms with van der Waals surface area (Å²) in [5.74, 6) is -1.09. The van der Waals surface area contributed by atoms with Crippen LogP contribution in [0.2, 0.25) is 0 Å². The fraction of sp³-hybridized carbons (Fsp3) is 0. The van der Waals surface area contributed by atoms with Crippen molar-refractivity contribution < 1.29 is 9.90 Å². The number of nitrogens with one attached hydrogen (secondary N) is 1. The summed E-state index contributed by atoms with van der Waals surface area (Å²) >= 11 is 0.